The lowest BCUT2D eigenvalue weighted by molar-refractivity contribution is 0.0914. The predicted octanol–water partition coefficient (Wildman–Crippen LogP) is 3.20. The first-order chi connectivity index (χ1) is 10.1. The highest BCUT2D eigenvalue weighted by molar-refractivity contribution is 5.97. The molecule has 0 amide bonds. The number of ketones is 1. The maximum atomic E-state index is 12.6. The van der Waals surface area contributed by atoms with Crippen LogP contribution in [0.1, 0.15) is 48.9 Å². The van der Waals surface area contributed by atoms with Gasteiger partial charge in [-0.25, -0.2) is 0 Å². The van der Waals surface area contributed by atoms with Crippen molar-refractivity contribution in [3.63, 3.8) is 0 Å². The van der Waals surface area contributed by atoms with Crippen LogP contribution in [0.3, 0.4) is 0 Å². The van der Waals surface area contributed by atoms with E-state index in [2.05, 4.69) is 5.32 Å². The van der Waals surface area contributed by atoms with Crippen LogP contribution < -0.4 is 14.8 Å². The van der Waals surface area contributed by atoms with Gasteiger partial charge in [0.1, 0.15) is 0 Å². The minimum absolute atomic E-state index is 0.0392. The number of carbonyl (C=O) groups is 1. The third-order valence-electron chi connectivity index (χ3n) is 4.55. The number of Topliss-reactive ketones (excluding diaryl/α,β-unsaturated/α-hetero) is 1. The van der Waals surface area contributed by atoms with Gasteiger partial charge in [0.25, 0.3) is 0 Å². The molecule has 0 saturated heterocycles. The Labute approximate surface area is 126 Å². The number of hydrogen-bond donors (Lipinski definition) is 1. The smallest absolute Gasteiger partial charge is 0.164 e. The minimum atomic E-state index is -0.0392. The summed E-state index contributed by atoms with van der Waals surface area (Å²) in [5, 5.41) is 3.39. The van der Waals surface area contributed by atoms with E-state index in [9.17, 15) is 4.79 Å². The number of benzene rings is 1. The zero-order valence-electron chi connectivity index (χ0n) is 13.2. The molecule has 0 heterocycles. The zero-order chi connectivity index (χ0) is 15.3. The maximum absolute atomic E-state index is 12.6. The highest BCUT2D eigenvalue weighted by Gasteiger charge is 2.32. The van der Waals surface area contributed by atoms with Crippen molar-refractivity contribution in [3.8, 4) is 11.5 Å². The van der Waals surface area contributed by atoms with Gasteiger partial charge in [-0.3, -0.25) is 4.79 Å². The Morgan fingerprint density at radius 1 is 1.14 bits per heavy atom. The quantitative estimate of drug-likeness (QED) is 0.818. The van der Waals surface area contributed by atoms with Gasteiger partial charge in [-0.05, 0) is 38.1 Å². The van der Waals surface area contributed by atoms with Crippen molar-refractivity contribution >= 4 is 5.78 Å². The first kappa shape index (κ1) is 15.8. The van der Waals surface area contributed by atoms with Crippen LogP contribution in [0.15, 0.2) is 18.2 Å². The van der Waals surface area contributed by atoms with Gasteiger partial charge in [0.05, 0.1) is 14.2 Å². The van der Waals surface area contributed by atoms with E-state index in [0.29, 0.717) is 23.5 Å². The second-order valence-corrected chi connectivity index (χ2v) is 5.76. The second kappa shape index (κ2) is 6.94. The number of methoxy groups -OCH3 is 2. The lowest BCUT2D eigenvalue weighted by Crippen LogP contribution is -2.46. The number of hydrogen-bond acceptors (Lipinski definition) is 4. The van der Waals surface area contributed by atoms with Crippen LogP contribution in [0.2, 0.25) is 0 Å². The molecule has 0 aliphatic heterocycles. The highest BCUT2D eigenvalue weighted by Crippen LogP contribution is 2.33. The average Bonchev–Trinajstić information content (AvgIpc) is 2.54. The fourth-order valence-corrected chi connectivity index (χ4v) is 3.16. The molecule has 0 unspecified atom stereocenters. The second-order valence-electron chi connectivity index (χ2n) is 5.76. The van der Waals surface area contributed by atoms with Crippen LogP contribution in [0.5, 0.6) is 11.5 Å². The summed E-state index contributed by atoms with van der Waals surface area (Å²) >= 11 is 0. The van der Waals surface area contributed by atoms with Gasteiger partial charge < -0.3 is 14.8 Å². The van der Waals surface area contributed by atoms with E-state index in [1.165, 1.54) is 19.3 Å². The number of ether oxygens (including phenoxy) is 2. The Morgan fingerprint density at radius 3 is 2.38 bits per heavy atom. The molecule has 4 nitrogen and oxygen atoms in total. The molecule has 0 spiro atoms. The lowest BCUT2D eigenvalue weighted by atomic mass is 9.77. The molecule has 1 N–H and O–H groups in total. The molecule has 0 bridgehead atoms. The first-order valence-corrected chi connectivity index (χ1v) is 7.58. The molecule has 0 atom stereocenters. The normalized spacial score (nSPS) is 17.3. The summed E-state index contributed by atoms with van der Waals surface area (Å²) in [6.45, 7) is 0. The summed E-state index contributed by atoms with van der Waals surface area (Å²) in [5.74, 6) is 1.41. The van der Waals surface area contributed by atoms with Crippen molar-refractivity contribution in [2.45, 2.75) is 44.1 Å². The Balaban J connectivity index is 2.15. The third-order valence-corrected chi connectivity index (χ3v) is 4.55. The van der Waals surface area contributed by atoms with Gasteiger partial charge in [-0.15, -0.1) is 0 Å². The molecule has 4 heteroatoms. The van der Waals surface area contributed by atoms with Crippen molar-refractivity contribution in [2.24, 2.45) is 0 Å². The van der Waals surface area contributed by atoms with Gasteiger partial charge in [0, 0.05) is 17.5 Å². The highest BCUT2D eigenvalue weighted by atomic mass is 16.5. The fraction of sp³-hybridized carbons (Fsp3) is 0.588. The van der Waals surface area contributed by atoms with E-state index >= 15 is 0 Å². The van der Waals surface area contributed by atoms with Crippen LogP contribution in [0, 0.1) is 0 Å². The number of nitrogens with one attached hydrogen (secondary N) is 1. The van der Waals surface area contributed by atoms with Crippen LogP contribution in [-0.2, 0) is 0 Å². The molecule has 0 radical (unpaired) electrons. The number of rotatable bonds is 6. The van der Waals surface area contributed by atoms with E-state index in [-0.39, 0.29) is 11.3 Å². The monoisotopic (exact) mass is 291 g/mol. The van der Waals surface area contributed by atoms with Crippen molar-refractivity contribution in [1.29, 1.82) is 0 Å². The largest absolute Gasteiger partial charge is 0.493 e. The summed E-state index contributed by atoms with van der Waals surface area (Å²) in [5.41, 5.74) is 0.649. The summed E-state index contributed by atoms with van der Waals surface area (Å²) in [6.07, 6.45) is 6.35. The molecule has 1 fully saturated rings. The molecule has 0 aromatic heterocycles. The Morgan fingerprint density at radius 2 is 1.81 bits per heavy atom. The molecular formula is C17H25NO3. The molecular weight excluding hydrogens is 266 g/mol. The van der Waals surface area contributed by atoms with Gasteiger partial charge in [0.2, 0.25) is 0 Å². The lowest BCUT2D eigenvalue weighted by Gasteiger charge is -2.36. The van der Waals surface area contributed by atoms with Crippen molar-refractivity contribution in [2.75, 3.05) is 21.3 Å². The topological polar surface area (TPSA) is 47.6 Å². The van der Waals surface area contributed by atoms with E-state index < -0.39 is 0 Å². The van der Waals surface area contributed by atoms with E-state index in [4.69, 9.17) is 9.47 Å². The third kappa shape index (κ3) is 3.56. The Kier molecular flexibility index (Phi) is 5.23. The fourth-order valence-electron chi connectivity index (χ4n) is 3.16. The Bertz CT molecular complexity index is 493. The zero-order valence-corrected chi connectivity index (χ0v) is 13.2. The maximum Gasteiger partial charge on any atom is 0.164 e. The predicted molar refractivity (Wildman–Crippen MR) is 83.4 cm³/mol. The van der Waals surface area contributed by atoms with Crippen LogP contribution in [0.4, 0.5) is 0 Å². The molecule has 1 aliphatic rings. The van der Waals surface area contributed by atoms with Crippen molar-refractivity contribution in [3.05, 3.63) is 23.8 Å². The van der Waals surface area contributed by atoms with Crippen molar-refractivity contribution < 1.29 is 14.3 Å². The first-order valence-electron chi connectivity index (χ1n) is 7.58. The van der Waals surface area contributed by atoms with Crippen LogP contribution in [-0.4, -0.2) is 32.6 Å². The van der Waals surface area contributed by atoms with E-state index in [0.717, 1.165) is 12.8 Å². The van der Waals surface area contributed by atoms with Crippen LogP contribution >= 0.6 is 0 Å². The molecule has 1 aromatic carbocycles. The Hall–Kier alpha value is -1.55. The van der Waals surface area contributed by atoms with Crippen LogP contribution in [0.25, 0.3) is 0 Å². The summed E-state index contributed by atoms with van der Waals surface area (Å²) < 4.78 is 10.5. The number of carbonyl (C=O) groups excluding carboxylic acids is 1. The van der Waals surface area contributed by atoms with Gasteiger partial charge >= 0.3 is 0 Å². The standard InChI is InChI=1S/C17H25NO3/c1-18-17(9-5-4-6-10-17)12-14(19)13-7-8-15(20-2)16(11-13)21-3/h7-8,11,18H,4-6,9-10,12H2,1-3H3. The molecule has 21 heavy (non-hydrogen) atoms. The van der Waals surface area contributed by atoms with Gasteiger partial charge in [-0.2, -0.15) is 0 Å². The van der Waals surface area contributed by atoms with Crippen molar-refractivity contribution in [1.82, 2.24) is 5.32 Å². The van der Waals surface area contributed by atoms with Gasteiger partial charge in [0.15, 0.2) is 17.3 Å². The van der Waals surface area contributed by atoms with E-state index in [1.807, 2.05) is 13.1 Å². The van der Waals surface area contributed by atoms with E-state index in [1.54, 1.807) is 26.4 Å². The van der Waals surface area contributed by atoms with Gasteiger partial charge in [-0.1, -0.05) is 19.3 Å². The summed E-state index contributed by atoms with van der Waals surface area (Å²) in [7, 11) is 5.15. The molecule has 1 saturated carbocycles. The molecule has 116 valence electrons. The summed E-state index contributed by atoms with van der Waals surface area (Å²) in [4.78, 5) is 12.6. The molecule has 1 aromatic rings. The average molecular weight is 291 g/mol. The summed E-state index contributed by atoms with van der Waals surface area (Å²) in [6, 6.07) is 5.38. The molecule has 2 rings (SSSR count). The SMILES string of the molecule is CNC1(CC(=O)c2ccc(OC)c(OC)c2)CCCCC1. The minimum Gasteiger partial charge on any atom is -0.493 e. The molecule has 1 aliphatic carbocycles.